The molecule has 1 aromatic heterocycles. The van der Waals surface area contributed by atoms with Crippen LogP contribution in [0.2, 0.25) is 0 Å². The molecule has 1 atom stereocenters. The van der Waals surface area contributed by atoms with E-state index in [0.29, 0.717) is 6.61 Å². The molecule has 1 aliphatic heterocycles. The van der Waals surface area contributed by atoms with Gasteiger partial charge in [-0.05, 0) is 20.0 Å². The third-order valence-electron chi connectivity index (χ3n) is 2.90. The zero-order valence-electron chi connectivity index (χ0n) is 10.4. The van der Waals surface area contributed by atoms with E-state index >= 15 is 0 Å². The number of ether oxygens (including phenoxy) is 1. The topological polar surface area (TPSA) is 39.1 Å². The second-order valence-electron chi connectivity index (χ2n) is 4.03. The lowest BCUT2D eigenvalue weighted by atomic mass is 10.1. The van der Waals surface area contributed by atoms with Gasteiger partial charge in [0.15, 0.2) is 0 Å². The Hall–Kier alpha value is -1.39. The molecule has 17 heavy (non-hydrogen) atoms. The van der Waals surface area contributed by atoms with Crippen LogP contribution >= 0.6 is 0 Å². The maximum Gasteiger partial charge on any atom is 0.112 e. The predicted molar refractivity (Wildman–Crippen MR) is 69.6 cm³/mol. The molecule has 0 amide bonds. The zero-order valence-corrected chi connectivity index (χ0v) is 10.4. The Bertz CT molecular complexity index is 434. The summed E-state index contributed by atoms with van der Waals surface area (Å²) in [5, 5.41) is 7.72. The standard InChI is InChI=1S/C13H19N3O/c1-4-6-10-11(5-2)15-16-7-8-17-12(9-14-3)13(10)16/h4-6,12,14H,2,7-9H2,1,3H3/b6-4-/t12-/m1/s1. The van der Waals surface area contributed by atoms with Gasteiger partial charge < -0.3 is 10.1 Å². The summed E-state index contributed by atoms with van der Waals surface area (Å²) in [5.41, 5.74) is 3.21. The number of fused-ring (bicyclic) bond motifs is 1. The quantitative estimate of drug-likeness (QED) is 0.862. The Labute approximate surface area is 102 Å². The van der Waals surface area contributed by atoms with E-state index in [2.05, 4.69) is 23.1 Å². The van der Waals surface area contributed by atoms with Gasteiger partial charge in [0.25, 0.3) is 0 Å². The molecule has 92 valence electrons. The van der Waals surface area contributed by atoms with E-state index in [9.17, 15) is 0 Å². The summed E-state index contributed by atoms with van der Waals surface area (Å²) in [6.07, 6.45) is 5.97. The number of nitrogens with zero attached hydrogens (tertiary/aromatic N) is 2. The third-order valence-corrected chi connectivity index (χ3v) is 2.90. The van der Waals surface area contributed by atoms with E-state index in [1.54, 1.807) is 6.08 Å². The van der Waals surface area contributed by atoms with Gasteiger partial charge in [-0.15, -0.1) is 0 Å². The van der Waals surface area contributed by atoms with Gasteiger partial charge in [-0.25, -0.2) is 0 Å². The second kappa shape index (κ2) is 5.29. The molecule has 1 aromatic rings. The fraction of sp³-hybridized carbons (Fsp3) is 0.462. The van der Waals surface area contributed by atoms with Crippen molar-refractivity contribution in [2.75, 3.05) is 20.2 Å². The minimum absolute atomic E-state index is 0.0705. The van der Waals surface area contributed by atoms with Gasteiger partial charge in [0, 0.05) is 12.1 Å². The van der Waals surface area contributed by atoms with Crippen LogP contribution in [0.1, 0.15) is 30.0 Å². The van der Waals surface area contributed by atoms with Crippen LogP contribution in [-0.2, 0) is 11.3 Å². The summed E-state index contributed by atoms with van der Waals surface area (Å²) in [5.74, 6) is 0. The van der Waals surface area contributed by atoms with Crippen LogP contribution < -0.4 is 5.32 Å². The molecule has 0 radical (unpaired) electrons. The van der Waals surface area contributed by atoms with Crippen LogP contribution in [0, 0.1) is 0 Å². The normalized spacial score (nSPS) is 19.5. The molecule has 4 heteroatoms. The van der Waals surface area contributed by atoms with E-state index < -0.39 is 0 Å². The molecule has 0 fully saturated rings. The van der Waals surface area contributed by atoms with E-state index in [-0.39, 0.29) is 6.10 Å². The average Bonchev–Trinajstić information content (AvgIpc) is 2.69. The lowest BCUT2D eigenvalue weighted by molar-refractivity contribution is 0.0182. The second-order valence-corrected chi connectivity index (χ2v) is 4.03. The highest BCUT2D eigenvalue weighted by Crippen LogP contribution is 2.29. The molecule has 0 spiro atoms. The number of nitrogens with one attached hydrogen (secondary N) is 1. The van der Waals surface area contributed by atoms with E-state index in [4.69, 9.17) is 4.74 Å². The van der Waals surface area contributed by atoms with Crippen molar-refractivity contribution in [3.05, 3.63) is 29.6 Å². The van der Waals surface area contributed by atoms with Gasteiger partial charge in [-0.3, -0.25) is 4.68 Å². The molecule has 0 aromatic carbocycles. The fourth-order valence-electron chi connectivity index (χ4n) is 2.21. The molecule has 0 aliphatic carbocycles. The molecular weight excluding hydrogens is 214 g/mol. The van der Waals surface area contributed by atoms with Gasteiger partial charge >= 0.3 is 0 Å². The van der Waals surface area contributed by atoms with Crippen molar-refractivity contribution >= 4 is 12.2 Å². The maximum atomic E-state index is 5.80. The van der Waals surface area contributed by atoms with Crippen molar-refractivity contribution in [3.63, 3.8) is 0 Å². The Morgan fingerprint density at radius 3 is 3.12 bits per heavy atom. The molecule has 1 aliphatic rings. The van der Waals surface area contributed by atoms with Crippen LogP contribution in [-0.4, -0.2) is 30.0 Å². The number of allylic oxidation sites excluding steroid dienone is 1. The molecule has 0 saturated carbocycles. The largest absolute Gasteiger partial charge is 0.369 e. The molecule has 0 saturated heterocycles. The van der Waals surface area contributed by atoms with Crippen LogP contribution in [0.4, 0.5) is 0 Å². The van der Waals surface area contributed by atoms with E-state index in [1.807, 2.05) is 24.7 Å². The monoisotopic (exact) mass is 233 g/mol. The van der Waals surface area contributed by atoms with Crippen molar-refractivity contribution in [3.8, 4) is 0 Å². The summed E-state index contributed by atoms with van der Waals surface area (Å²) in [7, 11) is 1.93. The Kier molecular flexibility index (Phi) is 3.76. The Morgan fingerprint density at radius 2 is 2.47 bits per heavy atom. The Balaban J connectivity index is 2.49. The van der Waals surface area contributed by atoms with Gasteiger partial charge in [-0.1, -0.05) is 18.7 Å². The lowest BCUT2D eigenvalue weighted by Gasteiger charge is -2.24. The average molecular weight is 233 g/mol. The summed E-state index contributed by atoms with van der Waals surface area (Å²) in [6.45, 7) is 8.16. The molecule has 4 nitrogen and oxygen atoms in total. The highest BCUT2D eigenvalue weighted by atomic mass is 16.5. The first-order valence-electron chi connectivity index (χ1n) is 5.93. The number of likely N-dealkylation sites (N-methyl/N-ethyl adjacent to an activating group) is 1. The molecular formula is C13H19N3O. The summed E-state index contributed by atoms with van der Waals surface area (Å²) in [4.78, 5) is 0. The summed E-state index contributed by atoms with van der Waals surface area (Å²) >= 11 is 0. The number of hydrogen-bond acceptors (Lipinski definition) is 3. The third kappa shape index (κ3) is 2.18. The number of rotatable bonds is 4. The molecule has 0 unspecified atom stereocenters. The SMILES string of the molecule is C=Cc1nn2c(c1/C=C\C)[C@@H](CNC)OCC2. The minimum atomic E-state index is 0.0705. The fourth-order valence-corrected chi connectivity index (χ4v) is 2.21. The maximum absolute atomic E-state index is 5.80. The van der Waals surface area contributed by atoms with Gasteiger partial charge in [0.05, 0.1) is 24.5 Å². The van der Waals surface area contributed by atoms with E-state index in [0.717, 1.165) is 30.0 Å². The van der Waals surface area contributed by atoms with Crippen molar-refractivity contribution in [2.45, 2.75) is 19.6 Å². The van der Waals surface area contributed by atoms with Gasteiger partial charge in [-0.2, -0.15) is 5.10 Å². The lowest BCUT2D eigenvalue weighted by Crippen LogP contribution is -2.29. The smallest absolute Gasteiger partial charge is 0.112 e. The summed E-state index contributed by atoms with van der Waals surface area (Å²) in [6, 6.07) is 0. The van der Waals surface area contributed by atoms with Crippen molar-refractivity contribution in [2.24, 2.45) is 0 Å². The van der Waals surface area contributed by atoms with Crippen molar-refractivity contribution < 1.29 is 4.74 Å². The highest BCUT2D eigenvalue weighted by molar-refractivity contribution is 5.64. The van der Waals surface area contributed by atoms with Crippen molar-refractivity contribution in [1.82, 2.24) is 15.1 Å². The molecule has 2 rings (SSSR count). The predicted octanol–water partition coefficient (Wildman–Crippen LogP) is 1.85. The highest BCUT2D eigenvalue weighted by Gasteiger charge is 2.26. The van der Waals surface area contributed by atoms with Crippen LogP contribution in [0.5, 0.6) is 0 Å². The molecule has 1 N–H and O–H groups in total. The minimum Gasteiger partial charge on any atom is -0.369 e. The van der Waals surface area contributed by atoms with Crippen molar-refractivity contribution in [1.29, 1.82) is 0 Å². The van der Waals surface area contributed by atoms with Gasteiger partial charge in [0.2, 0.25) is 0 Å². The molecule has 2 heterocycles. The van der Waals surface area contributed by atoms with Crippen LogP contribution in [0.25, 0.3) is 12.2 Å². The first kappa shape index (κ1) is 12.1. The zero-order chi connectivity index (χ0) is 12.3. The number of hydrogen-bond donors (Lipinski definition) is 1. The van der Waals surface area contributed by atoms with Crippen LogP contribution in [0.15, 0.2) is 12.7 Å². The Morgan fingerprint density at radius 1 is 1.65 bits per heavy atom. The number of aromatic nitrogens is 2. The van der Waals surface area contributed by atoms with Crippen LogP contribution in [0.3, 0.4) is 0 Å². The molecule has 0 bridgehead atoms. The van der Waals surface area contributed by atoms with Gasteiger partial charge in [0.1, 0.15) is 6.10 Å². The summed E-state index contributed by atoms with van der Waals surface area (Å²) < 4.78 is 7.84. The van der Waals surface area contributed by atoms with E-state index in [1.165, 1.54) is 0 Å². The first-order valence-corrected chi connectivity index (χ1v) is 5.93. The first-order chi connectivity index (χ1) is 8.31.